The van der Waals surface area contributed by atoms with Gasteiger partial charge in [-0.1, -0.05) is 78.1 Å². The molecule has 0 atom stereocenters. The molecule has 0 aliphatic carbocycles. The SMILES string of the molecule is CCCCCCCCN1C=CN(CCCCCCCC)C1C. The number of unbranched alkanes of at least 4 members (excludes halogenated alkanes) is 10. The van der Waals surface area contributed by atoms with Crippen LogP contribution in [0.25, 0.3) is 0 Å². The lowest BCUT2D eigenvalue weighted by atomic mass is 10.1. The molecule has 22 heavy (non-hydrogen) atoms. The molecule has 0 radical (unpaired) electrons. The zero-order chi connectivity index (χ0) is 16.0. The van der Waals surface area contributed by atoms with E-state index in [1.54, 1.807) is 0 Å². The van der Waals surface area contributed by atoms with Crippen molar-refractivity contribution in [3.8, 4) is 0 Å². The molecule has 0 unspecified atom stereocenters. The van der Waals surface area contributed by atoms with E-state index in [2.05, 4.69) is 43.0 Å². The van der Waals surface area contributed by atoms with Crippen LogP contribution < -0.4 is 0 Å². The van der Waals surface area contributed by atoms with Crippen molar-refractivity contribution < 1.29 is 0 Å². The highest BCUT2D eigenvalue weighted by atomic mass is 15.4. The summed E-state index contributed by atoms with van der Waals surface area (Å²) in [4.78, 5) is 5.05. The lowest BCUT2D eigenvalue weighted by Gasteiger charge is -2.30. The van der Waals surface area contributed by atoms with Crippen LogP contribution >= 0.6 is 0 Å². The molecule has 0 fully saturated rings. The van der Waals surface area contributed by atoms with Gasteiger partial charge in [-0.2, -0.15) is 0 Å². The van der Waals surface area contributed by atoms with E-state index in [9.17, 15) is 0 Å². The summed E-state index contributed by atoms with van der Waals surface area (Å²) in [5.74, 6) is 0. The Hall–Kier alpha value is -0.660. The summed E-state index contributed by atoms with van der Waals surface area (Å²) in [6.45, 7) is 9.39. The molecular formula is C20H40N2. The van der Waals surface area contributed by atoms with Gasteiger partial charge in [-0.05, 0) is 19.8 Å². The molecule has 0 saturated carbocycles. The fourth-order valence-corrected chi connectivity index (χ4v) is 3.28. The minimum atomic E-state index is 0.575. The monoisotopic (exact) mass is 308 g/mol. The Bertz CT molecular complexity index is 249. The summed E-state index contributed by atoms with van der Waals surface area (Å²) in [5, 5.41) is 0. The maximum absolute atomic E-state index is 2.52. The fourth-order valence-electron chi connectivity index (χ4n) is 3.28. The molecule has 1 rings (SSSR count). The van der Waals surface area contributed by atoms with Gasteiger partial charge in [-0.25, -0.2) is 0 Å². The Morgan fingerprint density at radius 2 is 0.955 bits per heavy atom. The second kappa shape index (κ2) is 12.8. The van der Waals surface area contributed by atoms with E-state index in [1.165, 1.54) is 90.1 Å². The molecule has 1 aliphatic heterocycles. The second-order valence-electron chi connectivity index (χ2n) is 6.94. The highest BCUT2D eigenvalue weighted by Gasteiger charge is 2.20. The molecule has 1 heterocycles. The largest absolute Gasteiger partial charge is 0.356 e. The lowest BCUT2D eigenvalue weighted by Crippen LogP contribution is -2.36. The van der Waals surface area contributed by atoms with Gasteiger partial charge in [0, 0.05) is 25.5 Å². The van der Waals surface area contributed by atoms with Gasteiger partial charge >= 0.3 is 0 Å². The normalized spacial score (nSPS) is 15.2. The second-order valence-corrected chi connectivity index (χ2v) is 6.94. The van der Waals surface area contributed by atoms with Crippen LogP contribution in [0.4, 0.5) is 0 Å². The van der Waals surface area contributed by atoms with E-state index in [0.29, 0.717) is 6.17 Å². The van der Waals surface area contributed by atoms with Crippen molar-refractivity contribution in [2.45, 2.75) is 104 Å². The standard InChI is InChI=1S/C20H40N2/c1-4-6-8-10-12-14-16-21-18-19-22(20(21)3)17-15-13-11-9-7-5-2/h18-20H,4-17H2,1-3H3. The maximum Gasteiger partial charge on any atom is 0.0977 e. The van der Waals surface area contributed by atoms with Crippen LogP contribution in [0.3, 0.4) is 0 Å². The van der Waals surface area contributed by atoms with E-state index in [1.807, 2.05) is 0 Å². The molecule has 2 nitrogen and oxygen atoms in total. The van der Waals surface area contributed by atoms with Crippen LogP contribution in [0.2, 0.25) is 0 Å². The van der Waals surface area contributed by atoms with Gasteiger partial charge in [0.1, 0.15) is 0 Å². The summed E-state index contributed by atoms with van der Waals surface area (Å²) < 4.78 is 0. The summed E-state index contributed by atoms with van der Waals surface area (Å²) >= 11 is 0. The first-order valence-corrected chi connectivity index (χ1v) is 9.99. The predicted octanol–water partition coefficient (Wildman–Crippen LogP) is 6.14. The van der Waals surface area contributed by atoms with Crippen LogP contribution in [-0.4, -0.2) is 29.1 Å². The molecule has 1 aliphatic rings. The van der Waals surface area contributed by atoms with Crippen LogP contribution in [0, 0.1) is 0 Å². The Labute approximate surface area is 139 Å². The van der Waals surface area contributed by atoms with Crippen LogP contribution in [0.15, 0.2) is 12.4 Å². The minimum Gasteiger partial charge on any atom is -0.356 e. The predicted molar refractivity (Wildman–Crippen MR) is 98.8 cm³/mol. The quantitative estimate of drug-likeness (QED) is 0.355. The molecule has 0 aromatic carbocycles. The van der Waals surface area contributed by atoms with Crippen molar-refractivity contribution in [3.63, 3.8) is 0 Å². The van der Waals surface area contributed by atoms with Crippen molar-refractivity contribution in [2.75, 3.05) is 13.1 Å². The summed E-state index contributed by atoms with van der Waals surface area (Å²) in [6.07, 6.45) is 21.9. The molecule has 0 bridgehead atoms. The third-order valence-electron chi connectivity index (χ3n) is 4.95. The molecule has 130 valence electrons. The summed E-state index contributed by atoms with van der Waals surface area (Å²) in [5.41, 5.74) is 0. The van der Waals surface area contributed by atoms with E-state index < -0.39 is 0 Å². The molecular weight excluding hydrogens is 268 g/mol. The number of hydrogen-bond acceptors (Lipinski definition) is 2. The van der Waals surface area contributed by atoms with Gasteiger partial charge in [0.05, 0.1) is 6.17 Å². The third kappa shape index (κ3) is 8.10. The molecule has 0 aromatic rings. The van der Waals surface area contributed by atoms with Crippen molar-refractivity contribution in [1.29, 1.82) is 0 Å². The maximum atomic E-state index is 2.52. The van der Waals surface area contributed by atoms with Crippen molar-refractivity contribution in [3.05, 3.63) is 12.4 Å². The lowest BCUT2D eigenvalue weighted by molar-refractivity contribution is 0.165. The van der Waals surface area contributed by atoms with Crippen molar-refractivity contribution >= 4 is 0 Å². The first-order chi connectivity index (χ1) is 10.8. The van der Waals surface area contributed by atoms with Gasteiger partial charge < -0.3 is 9.80 Å². The Morgan fingerprint density at radius 3 is 1.36 bits per heavy atom. The Morgan fingerprint density at radius 1 is 0.591 bits per heavy atom. The van der Waals surface area contributed by atoms with Gasteiger partial charge in [-0.3, -0.25) is 0 Å². The highest BCUT2D eigenvalue weighted by molar-refractivity contribution is 4.95. The molecule has 0 amide bonds. The van der Waals surface area contributed by atoms with Crippen LogP contribution in [-0.2, 0) is 0 Å². The van der Waals surface area contributed by atoms with Gasteiger partial charge in [0.15, 0.2) is 0 Å². The first kappa shape index (κ1) is 19.4. The van der Waals surface area contributed by atoms with E-state index in [0.717, 1.165) is 0 Å². The average molecular weight is 309 g/mol. The molecule has 2 heteroatoms. The number of hydrogen-bond donors (Lipinski definition) is 0. The summed E-state index contributed by atoms with van der Waals surface area (Å²) in [7, 11) is 0. The minimum absolute atomic E-state index is 0.575. The zero-order valence-corrected chi connectivity index (χ0v) is 15.5. The number of nitrogens with zero attached hydrogens (tertiary/aromatic N) is 2. The Balaban J connectivity index is 2.02. The van der Waals surface area contributed by atoms with Crippen molar-refractivity contribution in [1.82, 2.24) is 9.80 Å². The molecule has 0 saturated heterocycles. The zero-order valence-electron chi connectivity index (χ0n) is 15.5. The topological polar surface area (TPSA) is 6.48 Å². The van der Waals surface area contributed by atoms with E-state index in [-0.39, 0.29) is 0 Å². The van der Waals surface area contributed by atoms with Gasteiger partial charge in [0.25, 0.3) is 0 Å². The average Bonchev–Trinajstić information content (AvgIpc) is 2.87. The molecule has 0 aromatic heterocycles. The Kier molecular flexibility index (Phi) is 11.3. The number of rotatable bonds is 14. The smallest absolute Gasteiger partial charge is 0.0977 e. The van der Waals surface area contributed by atoms with E-state index >= 15 is 0 Å². The third-order valence-corrected chi connectivity index (χ3v) is 4.95. The van der Waals surface area contributed by atoms with Crippen molar-refractivity contribution in [2.24, 2.45) is 0 Å². The van der Waals surface area contributed by atoms with E-state index in [4.69, 9.17) is 0 Å². The van der Waals surface area contributed by atoms with Crippen LogP contribution in [0.1, 0.15) is 97.8 Å². The summed E-state index contributed by atoms with van der Waals surface area (Å²) in [6, 6.07) is 0. The highest BCUT2D eigenvalue weighted by Crippen LogP contribution is 2.18. The fraction of sp³-hybridized carbons (Fsp3) is 0.900. The molecule has 0 spiro atoms. The van der Waals surface area contributed by atoms with Crippen LogP contribution in [0.5, 0.6) is 0 Å². The molecule has 0 N–H and O–H groups in total. The van der Waals surface area contributed by atoms with Gasteiger partial charge in [-0.15, -0.1) is 0 Å². The van der Waals surface area contributed by atoms with Gasteiger partial charge in [0.2, 0.25) is 0 Å². The first-order valence-electron chi connectivity index (χ1n) is 9.99.